The molecule has 2 aromatic carbocycles. The standard InChI is InChI=1S/C26H26N4O3S/c1-17-5-3-7-20(15-17)30-25(32)23-22(12-14-34-23)28-26(30)29-13-4-6-18(16-29)24(31)27-19-8-10-21(33-2)11-9-19/h3,5,7-12,14-15,18H,4,6,13,16H2,1-2H3,(H,27,31)/t18-/m0/s1. The number of aryl methyl sites for hydroxylation is 1. The first kappa shape index (κ1) is 22.2. The molecule has 1 fully saturated rings. The van der Waals surface area contributed by atoms with E-state index in [9.17, 15) is 9.59 Å². The van der Waals surface area contributed by atoms with Crippen LogP contribution in [0.25, 0.3) is 15.9 Å². The number of hydrogen-bond acceptors (Lipinski definition) is 6. The molecular formula is C26H26N4O3S. The minimum absolute atomic E-state index is 0.0315. The van der Waals surface area contributed by atoms with Gasteiger partial charge in [-0.3, -0.25) is 9.59 Å². The van der Waals surface area contributed by atoms with E-state index < -0.39 is 0 Å². The molecule has 8 heteroatoms. The Kier molecular flexibility index (Phi) is 6.06. The van der Waals surface area contributed by atoms with Crippen LogP contribution >= 0.6 is 11.3 Å². The van der Waals surface area contributed by atoms with Crippen LogP contribution in [0.4, 0.5) is 11.6 Å². The molecule has 1 N–H and O–H groups in total. The van der Waals surface area contributed by atoms with Gasteiger partial charge in [0.2, 0.25) is 11.9 Å². The van der Waals surface area contributed by atoms with Crippen molar-refractivity contribution in [3.05, 3.63) is 75.9 Å². The van der Waals surface area contributed by atoms with Crippen molar-refractivity contribution in [3.63, 3.8) is 0 Å². The number of hydrogen-bond donors (Lipinski definition) is 1. The number of anilines is 2. The van der Waals surface area contributed by atoms with Gasteiger partial charge in [-0.15, -0.1) is 11.3 Å². The summed E-state index contributed by atoms with van der Waals surface area (Å²) in [5.74, 6) is 1.09. The average molecular weight is 475 g/mol. The predicted octanol–water partition coefficient (Wildman–Crippen LogP) is 4.62. The number of rotatable bonds is 5. The van der Waals surface area contributed by atoms with Crippen molar-refractivity contribution in [2.45, 2.75) is 19.8 Å². The van der Waals surface area contributed by atoms with Crippen molar-refractivity contribution in [3.8, 4) is 11.4 Å². The van der Waals surface area contributed by atoms with Gasteiger partial charge in [-0.25, -0.2) is 9.55 Å². The Morgan fingerprint density at radius 1 is 1.18 bits per heavy atom. The lowest BCUT2D eigenvalue weighted by molar-refractivity contribution is -0.120. The smallest absolute Gasteiger partial charge is 0.277 e. The Bertz CT molecular complexity index is 1390. The van der Waals surface area contributed by atoms with Crippen LogP contribution in [0.1, 0.15) is 18.4 Å². The van der Waals surface area contributed by atoms with E-state index in [4.69, 9.17) is 9.72 Å². The Balaban J connectivity index is 1.46. The monoisotopic (exact) mass is 474 g/mol. The molecule has 0 bridgehead atoms. The maximum Gasteiger partial charge on any atom is 0.277 e. The number of nitrogens with zero attached hydrogens (tertiary/aromatic N) is 3. The Labute approximate surface area is 201 Å². The lowest BCUT2D eigenvalue weighted by Gasteiger charge is -2.34. The summed E-state index contributed by atoms with van der Waals surface area (Å²) < 4.78 is 7.51. The highest BCUT2D eigenvalue weighted by Crippen LogP contribution is 2.27. The molecule has 0 spiro atoms. The third kappa shape index (κ3) is 4.28. The number of carbonyl (C=O) groups is 1. The number of ether oxygens (including phenoxy) is 1. The minimum Gasteiger partial charge on any atom is -0.497 e. The van der Waals surface area contributed by atoms with Crippen molar-refractivity contribution < 1.29 is 9.53 Å². The number of fused-ring (bicyclic) bond motifs is 1. The molecule has 3 heterocycles. The lowest BCUT2D eigenvalue weighted by atomic mass is 9.97. The zero-order chi connectivity index (χ0) is 23.7. The van der Waals surface area contributed by atoms with Crippen LogP contribution in [0.3, 0.4) is 0 Å². The van der Waals surface area contributed by atoms with Gasteiger partial charge in [-0.05, 0) is 73.2 Å². The van der Waals surface area contributed by atoms with Gasteiger partial charge >= 0.3 is 0 Å². The van der Waals surface area contributed by atoms with Gasteiger partial charge in [0, 0.05) is 18.8 Å². The van der Waals surface area contributed by atoms with Crippen molar-refractivity contribution in [2.24, 2.45) is 5.92 Å². The van der Waals surface area contributed by atoms with Gasteiger partial charge in [-0.2, -0.15) is 0 Å². The largest absolute Gasteiger partial charge is 0.497 e. The Hall–Kier alpha value is -3.65. The van der Waals surface area contributed by atoms with E-state index in [1.54, 1.807) is 11.7 Å². The molecular weight excluding hydrogens is 448 g/mol. The van der Waals surface area contributed by atoms with Crippen LogP contribution in [0.2, 0.25) is 0 Å². The number of amides is 1. The Morgan fingerprint density at radius 2 is 2.00 bits per heavy atom. The molecule has 2 aromatic heterocycles. The van der Waals surface area contributed by atoms with E-state index in [1.165, 1.54) is 11.3 Å². The number of aromatic nitrogens is 2. The van der Waals surface area contributed by atoms with Gasteiger partial charge < -0.3 is 15.0 Å². The second-order valence-corrected chi connectivity index (χ2v) is 9.45. The highest BCUT2D eigenvalue weighted by molar-refractivity contribution is 7.17. The fourth-order valence-electron chi connectivity index (χ4n) is 4.40. The molecule has 174 valence electrons. The maximum absolute atomic E-state index is 13.5. The van der Waals surface area contributed by atoms with E-state index in [2.05, 4.69) is 10.2 Å². The van der Waals surface area contributed by atoms with E-state index >= 15 is 0 Å². The molecule has 5 rings (SSSR count). The average Bonchev–Trinajstić information content (AvgIpc) is 3.34. The van der Waals surface area contributed by atoms with Gasteiger partial charge in [0.1, 0.15) is 10.4 Å². The highest BCUT2D eigenvalue weighted by Gasteiger charge is 2.29. The Morgan fingerprint density at radius 3 is 2.76 bits per heavy atom. The summed E-state index contributed by atoms with van der Waals surface area (Å²) in [5.41, 5.74) is 3.20. The van der Waals surface area contributed by atoms with Crippen molar-refractivity contribution in [1.29, 1.82) is 0 Å². The molecule has 1 aliphatic rings. The SMILES string of the molecule is COc1ccc(NC(=O)[C@H]2CCCN(c3nc4ccsc4c(=O)n3-c3cccc(C)c3)C2)cc1. The third-order valence-corrected chi connectivity index (χ3v) is 7.05. The zero-order valence-corrected chi connectivity index (χ0v) is 20.0. The molecule has 1 aliphatic heterocycles. The number of piperidine rings is 1. The first-order valence-corrected chi connectivity index (χ1v) is 12.2. The van der Waals surface area contributed by atoms with Gasteiger partial charge in [0.05, 0.1) is 24.2 Å². The summed E-state index contributed by atoms with van der Waals surface area (Å²) in [6.45, 7) is 3.24. The molecule has 1 amide bonds. The minimum atomic E-state index is -0.211. The first-order valence-electron chi connectivity index (χ1n) is 11.3. The van der Waals surface area contributed by atoms with Gasteiger partial charge in [0.25, 0.3) is 5.56 Å². The summed E-state index contributed by atoms with van der Waals surface area (Å²) in [7, 11) is 1.61. The second-order valence-electron chi connectivity index (χ2n) is 8.53. The molecule has 0 aliphatic carbocycles. The van der Waals surface area contributed by atoms with Crippen LogP contribution in [-0.2, 0) is 4.79 Å². The van der Waals surface area contributed by atoms with Crippen LogP contribution in [0.15, 0.2) is 64.8 Å². The summed E-state index contributed by atoms with van der Waals surface area (Å²) in [6, 6.07) is 17.1. The zero-order valence-electron chi connectivity index (χ0n) is 19.2. The summed E-state index contributed by atoms with van der Waals surface area (Å²) in [5, 5.41) is 4.91. The first-order chi connectivity index (χ1) is 16.5. The molecule has 4 aromatic rings. The summed E-state index contributed by atoms with van der Waals surface area (Å²) >= 11 is 1.40. The van der Waals surface area contributed by atoms with Crippen LogP contribution < -0.4 is 20.5 Å². The lowest BCUT2D eigenvalue weighted by Crippen LogP contribution is -2.43. The molecule has 0 saturated carbocycles. The number of methoxy groups -OCH3 is 1. The van der Waals surface area contributed by atoms with Crippen LogP contribution in [0, 0.1) is 12.8 Å². The van der Waals surface area contributed by atoms with Crippen LogP contribution in [0.5, 0.6) is 5.75 Å². The fourth-order valence-corrected chi connectivity index (χ4v) is 5.16. The van der Waals surface area contributed by atoms with E-state index in [1.807, 2.05) is 66.9 Å². The van der Waals surface area contributed by atoms with Crippen LogP contribution in [-0.4, -0.2) is 35.7 Å². The topological polar surface area (TPSA) is 76.5 Å². The quantitative estimate of drug-likeness (QED) is 0.457. The van der Waals surface area contributed by atoms with Gasteiger partial charge in [-0.1, -0.05) is 12.1 Å². The van der Waals surface area contributed by atoms with Gasteiger partial charge in [0.15, 0.2) is 0 Å². The summed E-state index contributed by atoms with van der Waals surface area (Å²) in [6.07, 6.45) is 1.62. The molecule has 0 unspecified atom stereocenters. The number of nitrogens with one attached hydrogen (secondary N) is 1. The number of benzene rings is 2. The van der Waals surface area contributed by atoms with E-state index in [-0.39, 0.29) is 17.4 Å². The summed E-state index contributed by atoms with van der Waals surface area (Å²) in [4.78, 5) is 33.5. The van der Waals surface area contributed by atoms with E-state index in [0.717, 1.165) is 42.1 Å². The van der Waals surface area contributed by atoms with Crippen molar-refractivity contribution in [2.75, 3.05) is 30.4 Å². The predicted molar refractivity (Wildman–Crippen MR) is 137 cm³/mol. The van der Waals surface area contributed by atoms with Crippen molar-refractivity contribution in [1.82, 2.24) is 9.55 Å². The van der Waals surface area contributed by atoms with E-state index in [0.29, 0.717) is 22.7 Å². The van der Waals surface area contributed by atoms with Crippen molar-refractivity contribution >= 4 is 39.1 Å². The maximum atomic E-state index is 13.5. The molecule has 0 radical (unpaired) electrons. The molecule has 1 saturated heterocycles. The molecule has 1 atom stereocenters. The highest BCUT2D eigenvalue weighted by atomic mass is 32.1. The number of thiophene rings is 1. The fraction of sp³-hybridized carbons (Fsp3) is 0.269. The molecule has 7 nitrogen and oxygen atoms in total. The number of carbonyl (C=O) groups excluding carboxylic acids is 1. The normalized spacial score (nSPS) is 15.9. The molecule has 34 heavy (non-hydrogen) atoms. The second kappa shape index (κ2) is 9.30. The third-order valence-electron chi connectivity index (χ3n) is 6.15.